The number of aromatic nitrogens is 1. The van der Waals surface area contributed by atoms with Gasteiger partial charge < -0.3 is 4.42 Å². The van der Waals surface area contributed by atoms with Gasteiger partial charge in [0.25, 0.3) is 0 Å². The third kappa shape index (κ3) is 3.80. The number of furan rings is 1. The summed E-state index contributed by atoms with van der Waals surface area (Å²) in [4.78, 5) is 4.92. The normalized spacial score (nSPS) is 41.8. The van der Waals surface area contributed by atoms with Crippen LogP contribution in [0.5, 0.6) is 0 Å². The van der Waals surface area contributed by atoms with Gasteiger partial charge in [-0.05, 0) is 147 Å². The lowest BCUT2D eigenvalue weighted by Crippen LogP contribution is -2.62. The van der Waals surface area contributed by atoms with Crippen LogP contribution in [0.4, 0.5) is 0 Å². The number of rotatable bonds is 2. The number of pyridine rings is 1. The standard InChI is InChI=1S/C41H47NO/c1-2-10-28-27(9-1)31-13-8-14-32-29-19-18-24(37-16-5-6-20-42-37)21-34(29)36-23-25(22-35(28)40(36)39(31)32)26-12-7-15-33-30-11-3-4-17-38(30)43-41(26)33/h3-7,11-12,15-17,20,24-25,27-29,31-32,34-36,39-40H,1-2,8-10,13-14,18-19,21-23H2. The lowest BCUT2D eigenvalue weighted by molar-refractivity contribution is -0.191. The molecule has 0 bridgehead atoms. The summed E-state index contributed by atoms with van der Waals surface area (Å²) in [6, 6.07) is 22.5. The summed E-state index contributed by atoms with van der Waals surface area (Å²) in [6.45, 7) is 0. The number of hydrogen-bond donors (Lipinski definition) is 0. The molecular weight excluding hydrogens is 522 g/mol. The first-order valence-electron chi connectivity index (χ1n) is 18.1. The first-order chi connectivity index (χ1) is 21.3. The number of nitrogens with zero attached hydrogens (tertiary/aromatic N) is 1. The van der Waals surface area contributed by atoms with Crippen molar-refractivity contribution in [2.45, 2.75) is 88.9 Å². The fourth-order valence-corrected chi connectivity index (χ4v) is 13.5. The summed E-state index contributed by atoms with van der Waals surface area (Å²) >= 11 is 0. The Morgan fingerprint density at radius 3 is 2.02 bits per heavy atom. The van der Waals surface area contributed by atoms with Crippen molar-refractivity contribution in [1.82, 2.24) is 4.98 Å². The third-order valence-electron chi connectivity index (χ3n) is 14.6. The zero-order valence-corrected chi connectivity index (χ0v) is 25.6. The van der Waals surface area contributed by atoms with Gasteiger partial charge >= 0.3 is 0 Å². The van der Waals surface area contributed by atoms with E-state index in [1.165, 1.54) is 98.2 Å². The van der Waals surface area contributed by atoms with Crippen LogP contribution < -0.4 is 0 Å². The number of para-hydroxylation sites is 2. The molecule has 2 heterocycles. The average Bonchev–Trinajstić information content (AvgIpc) is 3.47. The maximum atomic E-state index is 6.72. The predicted octanol–water partition coefficient (Wildman–Crippen LogP) is 10.8. The first kappa shape index (κ1) is 25.7. The van der Waals surface area contributed by atoms with Crippen molar-refractivity contribution in [2.24, 2.45) is 59.2 Å². The van der Waals surface area contributed by atoms with Crippen LogP contribution in [0.2, 0.25) is 0 Å². The van der Waals surface area contributed by atoms with Crippen molar-refractivity contribution in [3.63, 3.8) is 0 Å². The van der Waals surface area contributed by atoms with Crippen LogP contribution in [0.25, 0.3) is 21.9 Å². The van der Waals surface area contributed by atoms with E-state index in [2.05, 4.69) is 60.7 Å². The molecule has 6 fully saturated rings. The van der Waals surface area contributed by atoms with Crippen LogP contribution in [-0.4, -0.2) is 4.98 Å². The Morgan fingerprint density at radius 1 is 0.512 bits per heavy atom. The van der Waals surface area contributed by atoms with Gasteiger partial charge in [0.15, 0.2) is 0 Å². The second-order valence-electron chi connectivity index (χ2n) is 15.9. The molecular formula is C41H47NO. The molecule has 2 aromatic heterocycles. The summed E-state index contributed by atoms with van der Waals surface area (Å²) in [7, 11) is 0. The van der Waals surface area contributed by atoms with E-state index >= 15 is 0 Å². The van der Waals surface area contributed by atoms with Crippen LogP contribution in [0, 0.1) is 59.2 Å². The molecule has 12 atom stereocenters. The molecule has 43 heavy (non-hydrogen) atoms. The Kier molecular flexibility index (Phi) is 5.94. The zero-order chi connectivity index (χ0) is 28.1. The van der Waals surface area contributed by atoms with Gasteiger partial charge in [0.2, 0.25) is 0 Å². The summed E-state index contributed by atoms with van der Waals surface area (Å²) < 4.78 is 6.72. The van der Waals surface area contributed by atoms with Crippen molar-refractivity contribution < 1.29 is 4.42 Å². The quantitative estimate of drug-likeness (QED) is 0.240. The van der Waals surface area contributed by atoms with Crippen molar-refractivity contribution in [2.75, 3.05) is 0 Å². The number of hydrogen-bond acceptors (Lipinski definition) is 2. The molecule has 2 heteroatoms. The van der Waals surface area contributed by atoms with Crippen LogP contribution in [0.3, 0.4) is 0 Å². The zero-order valence-electron chi connectivity index (χ0n) is 25.6. The smallest absolute Gasteiger partial charge is 0.138 e. The predicted molar refractivity (Wildman–Crippen MR) is 174 cm³/mol. The van der Waals surface area contributed by atoms with Gasteiger partial charge in [-0.1, -0.05) is 61.7 Å². The monoisotopic (exact) mass is 569 g/mol. The molecule has 2 aromatic carbocycles. The van der Waals surface area contributed by atoms with E-state index in [9.17, 15) is 0 Å². The molecule has 6 aliphatic carbocycles. The van der Waals surface area contributed by atoms with Crippen LogP contribution in [0.1, 0.15) is 100 Å². The molecule has 0 amide bonds. The molecule has 0 N–H and O–H groups in total. The van der Waals surface area contributed by atoms with Crippen molar-refractivity contribution in [3.8, 4) is 0 Å². The van der Waals surface area contributed by atoms with Gasteiger partial charge in [-0.3, -0.25) is 4.98 Å². The van der Waals surface area contributed by atoms with E-state index in [1.54, 1.807) is 6.42 Å². The second kappa shape index (κ2) is 9.95. The molecule has 12 unspecified atom stereocenters. The third-order valence-corrected chi connectivity index (χ3v) is 14.6. The highest BCUT2D eigenvalue weighted by molar-refractivity contribution is 6.05. The lowest BCUT2D eigenvalue weighted by Gasteiger charge is -2.68. The molecule has 2 nitrogen and oxygen atoms in total. The summed E-state index contributed by atoms with van der Waals surface area (Å²) in [5, 5.41) is 2.62. The second-order valence-corrected chi connectivity index (χ2v) is 15.9. The van der Waals surface area contributed by atoms with Crippen molar-refractivity contribution in [3.05, 3.63) is 78.1 Å². The topological polar surface area (TPSA) is 26.0 Å². The highest BCUT2D eigenvalue weighted by Gasteiger charge is 2.63. The molecule has 6 aliphatic rings. The Hall–Kier alpha value is -2.61. The minimum atomic E-state index is 0.630. The highest BCUT2D eigenvalue weighted by Crippen LogP contribution is 2.70. The van der Waals surface area contributed by atoms with Gasteiger partial charge in [0.1, 0.15) is 11.2 Å². The van der Waals surface area contributed by atoms with E-state index < -0.39 is 0 Å². The molecule has 0 aliphatic heterocycles. The summed E-state index contributed by atoms with van der Waals surface area (Å²) in [5.74, 6) is 11.0. The molecule has 0 radical (unpaired) electrons. The SMILES string of the molecule is c1ccc(C2CCC3C(C2)C2CC(c4cccc5c4oc4ccccc45)CC4C5CCCCC5C5CCCC3C5C42)nc1. The van der Waals surface area contributed by atoms with E-state index in [-0.39, 0.29) is 0 Å². The fraction of sp³-hybridized carbons (Fsp3) is 0.585. The Morgan fingerprint density at radius 2 is 1.19 bits per heavy atom. The maximum Gasteiger partial charge on any atom is 0.138 e. The van der Waals surface area contributed by atoms with E-state index in [4.69, 9.17) is 9.40 Å². The minimum Gasteiger partial charge on any atom is -0.456 e. The van der Waals surface area contributed by atoms with Gasteiger partial charge in [0.05, 0.1) is 0 Å². The number of benzene rings is 2. The Labute approximate surface area is 257 Å². The first-order valence-corrected chi connectivity index (χ1v) is 18.1. The molecule has 6 saturated carbocycles. The van der Waals surface area contributed by atoms with E-state index in [0.29, 0.717) is 11.8 Å². The molecule has 0 spiro atoms. The van der Waals surface area contributed by atoms with Gasteiger partial charge in [-0.15, -0.1) is 0 Å². The van der Waals surface area contributed by atoms with E-state index in [0.717, 1.165) is 64.8 Å². The average molecular weight is 570 g/mol. The van der Waals surface area contributed by atoms with Crippen molar-refractivity contribution in [1.29, 1.82) is 0 Å². The molecule has 0 saturated heterocycles. The van der Waals surface area contributed by atoms with Crippen molar-refractivity contribution >= 4 is 21.9 Å². The molecule has 10 rings (SSSR count). The minimum absolute atomic E-state index is 0.630. The Bertz CT molecular complexity index is 1640. The maximum absolute atomic E-state index is 6.72. The Balaban J connectivity index is 1.10. The molecule has 222 valence electrons. The van der Waals surface area contributed by atoms with Crippen LogP contribution >= 0.6 is 0 Å². The summed E-state index contributed by atoms with van der Waals surface area (Å²) in [6.07, 6.45) is 19.7. The summed E-state index contributed by atoms with van der Waals surface area (Å²) in [5.41, 5.74) is 5.15. The van der Waals surface area contributed by atoms with Crippen LogP contribution in [0.15, 0.2) is 71.3 Å². The van der Waals surface area contributed by atoms with Gasteiger partial charge in [-0.2, -0.15) is 0 Å². The molecule has 4 aromatic rings. The number of fused-ring (bicyclic) bond motifs is 9. The highest BCUT2D eigenvalue weighted by atomic mass is 16.3. The van der Waals surface area contributed by atoms with Crippen LogP contribution in [-0.2, 0) is 0 Å². The van der Waals surface area contributed by atoms with E-state index in [1.807, 2.05) is 6.20 Å². The van der Waals surface area contributed by atoms with Gasteiger partial charge in [-0.25, -0.2) is 0 Å². The fourth-order valence-electron chi connectivity index (χ4n) is 13.5. The lowest BCUT2D eigenvalue weighted by atomic mass is 9.37. The van der Waals surface area contributed by atoms with Gasteiger partial charge in [0, 0.05) is 28.6 Å². The largest absolute Gasteiger partial charge is 0.456 e.